The summed E-state index contributed by atoms with van der Waals surface area (Å²) in [6.07, 6.45) is 0. The van der Waals surface area contributed by atoms with Crippen LogP contribution in [0.3, 0.4) is 0 Å². The Kier molecular flexibility index (Phi) is 5.35. The number of anilines is 2. The average molecular weight is 398 g/mol. The van der Waals surface area contributed by atoms with E-state index < -0.39 is 0 Å². The van der Waals surface area contributed by atoms with E-state index in [1.54, 1.807) is 18.2 Å². The van der Waals surface area contributed by atoms with E-state index in [9.17, 15) is 9.59 Å². The number of para-hydroxylation sites is 1. The molecule has 0 spiro atoms. The molecule has 0 fully saturated rings. The molecule has 0 aliphatic carbocycles. The molecular weight excluding hydrogens is 376 g/mol. The fraction of sp³-hybridized carbons (Fsp3) is 0.120. The highest BCUT2D eigenvalue weighted by atomic mass is 16.3. The van der Waals surface area contributed by atoms with Gasteiger partial charge >= 0.3 is 0 Å². The molecule has 4 aromatic rings. The maximum Gasteiger partial charge on any atom is 0.293 e. The summed E-state index contributed by atoms with van der Waals surface area (Å²) in [7, 11) is 0. The summed E-state index contributed by atoms with van der Waals surface area (Å²) in [5.41, 5.74) is 4.53. The van der Waals surface area contributed by atoms with Crippen LogP contribution in [0.25, 0.3) is 11.0 Å². The van der Waals surface area contributed by atoms with Crippen LogP contribution in [0.4, 0.5) is 11.4 Å². The number of Topliss-reactive ketones (excluding diaryl/α,β-unsaturated/α-hetero) is 1. The summed E-state index contributed by atoms with van der Waals surface area (Å²) in [6.45, 7) is 3.99. The lowest BCUT2D eigenvalue weighted by atomic mass is 10.1. The molecule has 0 saturated heterocycles. The van der Waals surface area contributed by atoms with Crippen LogP contribution in [0.1, 0.15) is 32.0 Å². The number of fused-ring (bicyclic) bond motifs is 1. The molecular formula is C25H22N2O3. The zero-order valence-corrected chi connectivity index (χ0v) is 16.9. The number of hydrogen-bond donors (Lipinski definition) is 2. The molecule has 0 aliphatic rings. The molecule has 0 radical (unpaired) electrons. The molecule has 5 heteroatoms. The molecule has 0 bridgehead atoms. The predicted octanol–water partition coefficient (Wildman–Crippen LogP) is 5.60. The predicted molar refractivity (Wildman–Crippen MR) is 119 cm³/mol. The SMILES string of the molecule is Cc1ccc(C(=O)CNc2c(C(=O)Nc3cccc(C)c3)oc3ccccc23)cc1. The first-order valence-corrected chi connectivity index (χ1v) is 9.74. The minimum atomic E-state index is -0.373. The summed E-state index contributed by atoms with van der Waals surface area (Å²) >= 11 is 0. The van der Waals surface area contributed by atoms with Crippen LogP contribution in [-0.4, -0.2) is 18.2 Å². The van der Waals surface area contributed by atoms with Crippen molar-refractivity contribution >= 4 is 34.0 Å². The molecule has 1 aromatic heterocycles. The van der Waals surface area contributed by atoms with E-state index in [0.29, 0.717) is 22.5 Å². The summed E-state index contributed by atoms with van der Waals surface area (Å²) in [5, 5.41) is 6.74. The molecule has 0 unspecified atom stereocenters. The van der Waals surface area contributed by atoms with E-state index >= 15 is 0 Å². The number of carbonyl (C=O) groups is 2. The van der Waals surface area contributed by atoms with Gasteiger partial charge in [-0.25, -0.2) is 0 Å². The van der Waals surface area contributed by atoms with Gasteiger partial charge < -0.3 is 15.1 Å². The summed E-state index contributed by atoms with van der Waals surface area (Å²) in [6, 6.07) is 22.3. The Morgan fingerprint density at radius 2 is 1.63 bits per heavy atom. The van der Waals surface area contributed by atoms with E-state index in [1.165, 1.54) is 0 Å². The van der Waals surface area contributed by atoms with Crippen LogP contribution in [0.5, 0.6) is 0 Å². The quantitative estimate of drug-likeness (QED) is 0.415. The molecule has 1 heterocycles. The van der Waals surface area contributed by atoms with Gasteiger partial charge in [0, 0.05) is 16.6 Å². The number of carbonyl (C=O) groups excluding carboxylic acids is 2. The Balaban J connectivity index is 1.60. The fourth-order valence-corrected chi connectivity index (χ4v) is 3.30. The molecule has 3 aromatic carbocycles. The molecule has 150 valence electrons. The second kappa shape index (κ2) is 8.25. The second-order valence-corrected chi connectivity index (χ2v) is 7.27. The minimum Gasteiger partial charge on any atom is -0.449 e. The number of amides is 1. The van der Waals surface area contributed by atoms with Crippen molar-refractivity contribution in [2.45, 2.75) is 13.8 Å². The van der Waals surface area contributed by atoms with Gasteiger partial charge in [-0.1, -0.05) is 54.1 Å². The number of furan rings is 1. The highest BCUT2D eigenvalue weighted by molar-refractivity contribution is 6.12. The third-order valence-electron chi connectivity index (χ3n) is 4.88. The van der Waals surface area contributed by atoms with Gasteiger partial charge in [-0.05, 0) is 43.7 Å². The van der Waals surface area contributed by atoms with E-state index in [0.717, 1.165) is 16.5 Å². The van der Waals surface area contributed by atoms with E-state index in [-0.39, 0.29) is 24.0 Å². The van der Waals surface area contributed by atoms with Gasteiger partial charge in [0.05, 0.1) is 12.2 Å². The van der Waals surface area contributed by atoms with Crippen LogP contribution in [-0.2, 0) is 0 Å². The van der Waals surface area contributed by atoms with Crippen molar-refractivity contribution in [3.05, 3.63) is 95.2 Å². The maximum atomic E-state index is 12.9. The van der Waals surface area contributed by atoms with Gasteiger partial charge in [-0.2, -0.15) is 0 Å². The summed E-state index contributed by atoms with van der Waals surface area (Å²) in [4.78, 5) is 25.5. The lowest BCUT2D eigenvalue weighted by Gasteiger charge is -2.08. The lowest BCUT2D eigenvalue weighted by Crippen LogP contribution is -2.17. The number of benzene rings is 3. The first-order valence-electron chi connectivity index (χ1n) is 9.74. The Labute approximate surface area is 174 Å². The first kappa shape index (κ1) is 19.5. The van der Waals surface area contributed by atoms with E-state index in [1.807, 2.05) is 68.4 Å². The molecule has 0 saturated carbocycles. The summed E-state index contributed by atoms with van der Waals surface area (Å²) < 4.78 is 5.83. The Hall–Kier alpha value is -3.86. The largest absolute Gasteiger partial charge is 0.449 e. The monoisotopic (exact) mass is 398 g/mol. The zero-order valence-electron chi connectivity index (χ0n) is 16.9. The van der Waals surface area contributed by atoms with Gasteiger partial charge in [0.15, 0.2) is 5.78 Å². The molecule has 1 amide bonds. The van der Waals surface area contributed by atoms with Gasteiger partial charge in [0.2, 0.25) is 5.76 Å². The van der Waals surface area contributed by atoms with Crippen molar-refractivity contribution in [2.24, 2.45) is 0 Å². The Bertz CT molecular complexity index is 1220. The highest BCUT2D eigenvalue weighted by Gasteiger charge is 2.21. The average Bonchev–Trinajstić information content (AvgIpc) is 3.11. The van der Waals surface area contributed by atoms with Gasteiger partial charge in [0.25, 0.3) is 5.91 Å². The summed E-state index contributed by atoms with van der Waals surface area (Å²) in [5.74, 6) is -0.290. The van der Waals surface area contributed by atoms with Gasteiger partial charge in [-0.3, -0.25) is 9.59 Å². The third-order valence-corrected chi connectivity index (χ3v) is 4.88. The number of hydrogen-bond acceptors (Lipinski definition) is 4. The number of rotatable bonds is 6. The van der Waals surface area contributed by atoms with Crippen molar-refractivity contribution in [1.29, 1.82) is 0 Å². The van der Waals surface area contributed by atoms with Crippen molar-refractivity contribution in [2.75, 3.05) is 17.2 Å². The first-order chi connectivity index (χ1) is 14.5. The smallest absolute Gasteiger partial charge is 0.293 e. The van der Waals surface area contributed by atoms with Crippen molar-refractivity contribution in [1.82, 2.24) is 0 Å². The topological polar surface area (TPSA) is 71.3 Å². The fourth-order valence-electron chi connectivity index (χ4n) is 3.30. The number of ketones is 1. The van der Waals surface area contributed by atoms with Crippen molar-refractivity contribution < 1.29 is 14.0 Å². The lowest BCUT2D eigenvalue weighted by molar-refractivity contribution is 0.0991. The molecule has 0 aliphatic heterocycles. The standard InChI is InChI=1S/C25H22N2O3/c1-16-10-12-18(13-11-16)21(28)15-26-23-20-8-3-4-9-22(20)30-24(23)25(29)27-19-7-5-6-17(2)14-19/h3-14,26H,15H2,1-2H3,(H,27,29). The molecule has 2 N–H and O–H groups in total. The molecule has 0 atom stereocenters. The van der Waals surface area contributed by atoms with Gasteiger partial charge in [-0.15, -0.1) is 0 Å². The number of nitrogens with one attached hydrogen (secondary N) is 2. The van der Waals surface area contributed by atoms with E-state index in [4.69, 9.17) is 4.42 Å². The van der Waals surface area contributed by atoms with Crippen LogP contribution < -0.4 is 10.6 Å². The van der Waals surface area contributed by atoms with Crippen molar-refractivity contribution in [3.8, 4) is 0 Å². The van der Waals surface area contributed by atoms with Crippen LogP contribution in [0, 0.1) is 13.8 Å². The van der Waals surface area contributed by atoms with Crippen molar-refractivity contribution in [3.63, 3.8) is 0 Å². The molecule has 30 heavy (non-hydrogen) atoms. The number of aryl methyl sites for hydroxylation is 2. The van der Waals surface area contributed by atoms with Crippen LogP contribution >= 0.6 is 0 Å². The molecule has 4 rings (SSSR count). The third kappa shape index (κ3) is 4.10. The zero-order chi connectivity index (χ0) is 21.1. The Morgan fingerprint density at radius 1 is 0.867 bits per heavy atom. The Morgan fingerprint density at radius 3 is 2.40 bits per heavy atom. The van der Waals surface area contributed by atoms with Crippen LogP contribution in [0.2, 0.25) is 0 Å². The van der Waals surface area contributed by atoms with E-state index in [2.05, 4.69) is 10.6 Å². The van der Waals surface area contributed by atoms with Crippen LogP contribution in [0.15, 0.2) is 77.2 Å². The van der Waals surface area contributed by atoms with Gasteiger partial charge in [0.1, 0.15) is 5.58 Å². The normalized spacial score (nSPS) is 10.7. The maximum absolute atomic E-state index is 12.9. The molecule has 5 nitrogen and oxygen atoms in total. The highest BCUT2D eigenvalue weighted by Crippen LogP contribution is 2.31. The second-order valence-electron chi connectivity index (χ2n) is 7.27. The minimum absolute atomic E-state index is 0.0529.